The van der Waals surface area contributed by atoms with Gasteiger partial charge in [0.15, 0.2) is 11.8 Å². The van der Waals surface area contributed by atoms with E-state index in [1.165, 1.54) is 5.56 Å². The highest BCUT2D eigenvalue weighted by Crippen LogP contribution is 2.18. The first-order chi connectivity index (χ1) is 14.2. The van der Waals surface area contributed by atoms with E-state index < -0.39 is 0 Å². The average molecular weight is 541 g/mol. The van der Waals surface area contributed by atoms with Gasteiger partial charge >= 0.3 is 0 Å². The third-order valence-corrected chi connectivity index (χ3v) is 4.63. The van der Waals surface area contributed by atoms with Crippen molar-refractivity contribution in [2.45, 2.75) is 26.2 Å². The van der Waals surface area contributed by atoms with Crippen LogP contribution >= 0.6 is 35.6 Å². The van der Waals surface area contributed by atoms with Crippen molar-refractivity contribution in [2.75, 3.05) is 20.1 Å². The molecule has 0 aliphatic rings. The first kappa shape index (κ1) is 24.1. The van der Waals surface area contributed by atoms with Gasteiger partial charge in [-0.15, -0.1) is 24.0 Å². The van der Waals surface area contributed by atoms with Crippen LogP contribution in [0.4, 0.5) is 0 Å². The summed E-state index contributed by atoms with van der Waals surface area (Å²) in [6.07, 6.45) is 4.29. The molecule has 2 aromatic heterocycles. The molecular weight excluding hydrogens is 515 g/mol. The highest BCUT2D eigenvalue weighted by molar-refractivity contribution is 14.0. The number of benzene rings is 1. The van der Waals surface area contributed by atoms with Crippen molar-refractivity contribution >= 4 is 41.5 Å². The van der Waals surface area contributed by atoms with Crippen molar-refractivity contribution in [2.24, 2.45) is 4.99 Å². The zero-order valence-corrected chi connectivity index (χ0v) is 20.1. The van der Waals surface area contributed by atoms with E-state index in [2.05, 4.69) is 42.9 Å². The number of guanidine groups is 1. The molecule has 0 atom stereocenters. The Bertz CT molecular complexity index is 927. The Morgan fingerprint density at radius 1 is 1.03 bits per heavy atom. The van der Waals surface area contributed by atoms with Gasteiger partial charge in [-0.25, -0.2) is 4.98 Å². The molecule has 2 heterocycles. The van der Waals surface area contributed by atoms with Crippen LogP contribution in [0.15, 0.2) is 52.1 Å². The lowest BCUT2D eigenvalue weighted by Gasteiger charge is -2.12. The second-order valence-electron chi connectivity index (χ2n) is 6.48. The third-order valence-electron chi connectivity index (χ3n) is 4.41. The molecule has 3 aromatic rings. The lowest BCUT2D eigenvalue weighted by Crippen LogP contribution is -2.39. The molecule has 0 saturated carbocycles. The van der Waals surface area contributed by atoms with Gasteiger partial charge < -0.3 is 15.2 Å². The summed E-state index contributed by atoms with van der Waals surface area (Å²) in [5, 5.41) is 11.1. The largest absolute Gasteiger partial charge is 0.356 e. The average Bonchev–Trinajstić information content (AvgIpc) is 3.24. The maximum Gasteiger partial charge on any atom is 0.257 e. The normalized spacial score (nSPS) is 11.1. The molecule has 0 spiro atoms. The van der Waals surface area contributed by atoms with Crippen LogP contribution in [0.2, 0.25) is 5.15 Å². The van der Waals surface area contributed by atoms with Crippen LogP contribution in [-0.4, -0.2) is 41.2 Å². The summed E-state index contributed by atoms with van der Waals surface area (Å²) in [6.45, 7) is 3.55. The van der Waals surface area contributed by atoms with E-state index in [1.54, 1.807) is 19.3 Å². The fourth-order valence-electron chi connectivity index (χ4n) is 2.75. The Kier molecular flexibility index (Phi) is 10.0. The quantitative estimate of drug-likeness (QED) is 0.195. The minimum atomic E-state index is 0. The monoisotopic (exact) mass is 540 g/mol. The number of hydrogen-bond donors (Lipinski definition) is 2. The van der Waals surface area contributed by atoms with Gasteiger partial charge in [0, 0.05) is 38.3 Å². The number of pyridine rings is 1. The smallest absolute Gasteiger partial charge is 0.257 e. The topological polar surface area (TPSA) is 88.2 Å². The summed E-state index contributed by atoms with van der Waals surface area (Å²) in [6, 6.07) is 12.0. The van der Waals surface area contributed by atoms with Gasteiger partial charge in [0.2, 0.25) is 0 Å². The standard InChI is InChI=1S/C21H25ClN6O.HI/c1-3-19-27-20(29-28-19)17-7-4-15(5-8-17)10-12-24-21(23-2)25-13-11-16-6-9-18(22)26-14-16;/h4-9,14H,3,10-13H2,1-2H3,(H2,23,24,25);1H. The molecule has 0 aliphatic heterocycles. The maximum absolute atomic E-state index is 5.81. The minimum absolute atomic E-state index is 0. The molecule has 9 heteroatoms. The van der Waals surface area contributed by atoms with E-state index in [1.807, 2.05) is 25.1 Å². The summed E-state index contributed by atoms with van der Waals surface area (Å²) in [7, 11) is 1.77. The Morgan fingerprint density at radius 3 is 2.27 bits per heavy atom. The van der Waals surface area contributed by atoms with E-state index in [0.717, 1.165) is 55.3 Å². The number of nitrogens with zero attached hydrogens (tertiary/aromatic N) is 4. The molecule has 0 bridgehead atoms. The highest BCUT2D eigenvalue weighted by atomic mass is 127. The number of nitrogens with one attached hydrogen (secondary N) is 2. The number of rotatable bonds is 8. The molecule has 1 aromatic carbocycles. The Labute approximate surface area is 198 Å². The Hall–Kier alpha value is -2.20. The fraction of sp³-hybridized carbons (Fsp3) is 0.333. The van der Waals surface area contributed by atoms with Crippen molar-refractivity contribution in [1.29, 1.82) is 0 Å². The SMILES string of the molecule is CCc1noc(-c2ccc(CCNC(=NC)NCCc3ccc(Cl)nc3)cc2)n1.I. The second kappa shape index (κ2) is 12.5. The van der Waals surface area contributed by atoms with Gasteiger partial charge in [-0.1, -0.05) is 41.9 Å². The molecule has 160 valence electrons. The molecule has 0 unspecified atom stereocenters. The molecular formula is C21H26ClIN6O. The van der Waals surface area contributed by atoms with E-state index >= 15 is 0 Å². The van der Waals surface area contributed by atoms with Crippen LogP contribution in [0.1, 0.15) is 23.9 Å². The van der Waals surface area contributed by atoms with Crippen molar-refractivity contribution in [1.82, 2.24) is 25.8 Å². The molecule has 0 amide bonds. The fourth-order valence-corrected chi connectivity index (χ4v) is 2.87. The predicted molar refractivity (Wildman–Crippen MR) is 131 cm³/mol. The van der Waals surface area contributed by atoms with Gasteiger partial charge in [0.25, 0.3) is 5.89 Å². The molecule has 2 N–H and O–H groups in total. The first-order valence-electron chi connectivity index (χ1n) is 9.64. The van der Waals surface area contributed by atoms with E-state index in [-0.39, 0.29) is 24.0 Å². The Morgan fingerprint density at radius 2 is 1.70 bits per heavy atom. The number of halogens is 2. The summed E-state index contributed by atoms with van der Waals surface area (Å²) < 4.78 is 5.28. The molecule has 0 aliphatic carbocycles. The summed E-state index contributed by atoms with van der Waals surface area (Å²) in [5.41, 5.74) is 3.28. The van der Waals surface area contributed by atoms with Crippen molar-refractivity contribution in [3.05, 3.63) is 64.7 Å². The molecule has 30 heavy (non-hydrogen) atoms. The van der Waals surface area contributed by atoms with Crippen LogP contribution in [0.25, 0.3) is 11.5 Å². The predicted octanol–water partition coefficient (Wildman–Crippen LogP) is 3.92. The van der Waals surface area contributed by atoms with Gasteiger partial charge in [-0.3, -0.25) is 4.99 Å². The molecule has 7 nitrogen and oxygen atoms in total. The first-order valence-corrected chi connectivity index (χ1v) is 10.0. The number of aliphatic imine (C=N–C) groups is 1. The van der Waals surface area contributed by atoms with E-state index in [0.29, 0.717) is 11.0 Å². The van der Waals surface area contributed by atoms with E-state index in [9.17, 15) is 0 Å². The lowest BCUT2D eigenvalue weighted by atomic mass is 10.1. The van der Waals surface area contributed by atoms with Gasteiger partial charge in [-0.2, -0.15) is 4.98 Å². The second-order valence-corrected chi connectivity index (χ2v) is 6.87. The van der Waals surface area contributed by atoms with Gasteiger partial charge in [0.1, 0.15) is 5.15 Å². The van der Waals surface area contributed by atoms with Crippen LogP contribution in [0, 0.1) is 0 Å². The van der Waals surface area contributed by atoms with Crippen molar-refractivity contribution in [3.63, 3.8) is 0 Å². The molecule has 0 fully saturated rings. The maximum atomic E-state index is 5.81. The van der Waals surface area contributed by atoms with Crippen LogP contribution < -0.4 is 10.6 Å². The third kappa shape index (κ3) is 7.24. The Balaban J connectivity index is 0.00000320. The van der Waals surface area contributed by atoms with Crippen LogP contribution in [0.5, 0.6) is 0 Å². The summed E-state index contributed by atoms with van der Waals surface area (Å²) in [4.78, 5) is 12.7. The van der Waals surface area contributed by atoms with Crippen molar-refractivity contribution < 1.29 is 4.52 Å². The molecule has 3 rings (SSSR count). The van der Waals surface area contributed by atoms with Crippen molar-refractivity contribution in [3.8, 4) is 11.5 Å². The van der Waals surface area contributed by atoms with Gasteiger partial charge in [0.05, 0.1) is 0 Å². The number of aryl methyl sites for hydroxylation is 1. The zero-order chi connectivity index (χ0) is 20.5. The van der Waals surface area contributed by atoms with E-state index in [4.69, 9.17) is 16.1 Å². The molecule has 0 radical (unpaired) electrons. The highest BCUT2D eigenvalue weighted by Gasteiger charge is 2.07. The lowest BCUT2D eigenvalue weighted by molar-refractivity contribution is 0.423. The summed E-state index contributed by atoms with van der Waals surface area (Å²) >= 11 is 5.81. The van der Waals surface area contributed by atoms with Crippen LogP contribution in [-0.2, 0) is 19.3 Å². The number of aromatic nitrogens is 3. The minimum Gasteiger partial charge on any atom is -0.356 e. The molecule has 0 saturated heterocycles. The van der Waals surface area contributed by atoms with Gasteiger partial charge in [-0.05, 0) is 42.2 Å². The summed E-state index contributed by atoms with van der Waals surface area (Å²) in [5.74, 6) is 2.06. The van der Waals surface area contributed by atoms with Crippen LogP contribution in [0.3, 0.4) is 0 Å². The number of hydrogen-bond acceptors (Lipinski definition) is 5. The zero-order valence-electron chi connectivity index (χ0n) is 17.1.